The van der Waals surface area contributed by atoms with Crippen molar-refractivity contribution in [2.45, 2.75) is 31.0 Å². The van der Waals surface area contributed by atoms with Crippen LogP contribution in [-0.4, -0.2) is 66.3 Å². The fraction of sp³-hybridized carbons (Fsp3) is 0.389. The van der Waals surface area contributed by atoms with Gasteiger partial charge in [-0.15, -0.1) is 0 Å². The first-order valence-electron chi connectivity index (χ1n) is 8.96. The molecule has 4 atom stereocenters. The van der Waals surface area contributed by atoms with Crippen molar-refractivity contribution in [1.29, 1.82) is 0 Å². The predicted molar refractivity (Wildman–Crippen MR) is 101 cm³/mol. The van der Waals surface area contributed by atoms with Gasteiger partial charge in [-0.25, -0.2) is 15.0 Å². The molecule has 0 bridgehead atoms. The monoisotopic (exact) mass is 386 g/mol. The van der Waals surface area contributed by atoms with Crippen LogP contribution < -0.4 is 11.1 Å². The van der Waals surface area contributed by atoms with Gasteiger partial charge in [0.1, 0.15) is 24.6 Å². The van der Waals surface area contributed by atoms with Crippen molar-refractivity contribution in [3.63, 3.8) is 0 Å². The number of nitrogen functional groups attached to an aromatic ring is 1. The van der Waals surface area contributed by atoms with E-state index in [-0.39, 0.29) is 0 Å². The quantitative estimate of drug-likeness (QED) is 0.359. The Morgan fingerprint density at radius 1 is 1.11 bits per heavy atom. The number of aliphatic hydroxyl groups excluding tert-OH is 3. The molecule has 1 saturated heterocycles. The van der Waals surface area contributed by atoms with Crippen LogP contribution in [0.2, 0.25) is 0 Å². The Balaban J connectivity index is 1.51. The third-order valence-electron chi connectivity index (χ3n) is 4.84. The normalized spacial score (nSPS) is 24.7. The van der Waals surface area contributed by atoms with Crippen LogP contribution in [0.5, 0.6) is 0 Å². The standard InChI is InChI=1S/C18H22N6O4/c19-11-3-1-10(2-4-11)5-6-20-16-13-17(22-8-21-16)24(9-23-13)18-15(27)14(26)12(7-25)28-18/h1-4,8-9,12,14-15,18,25-27H,5-7,19H2,(H,20,21,22)/t12-,14-,15-,18-/m0/s1. The van der Waals surface area contributed by atoms with E-state index >= 15 is 0 Å². The fourth-order valence-electron chi connectivity index (χ4n) is 3.29. The Kier molecular flexibility index (Phi) is 5.09. The summed E-state index contributed by atoms with van der Waals surface area (Å²) < 4.78 is 7.09. The van der Waals surface area contributed by atoms with Crippen LogP contribution in [0.15, 0.2) is 36.9 Å². The number of aromatic nitrogens is 4. The number of ether oxygens (including phenoxy) is 1. The second-order valence-corrected chi connectivity index (χ2v) is 6.69. The molecular weight excluding hydrogens is 364 g/mol. The lowest BCUT2D eigenvalue weighted by atomic mass is 10.1. The maximum atomic E-state index is 10.2. The Bertz CT molecular complexity index is 947. The molecule has 1 aliphatic rings. The van der Waals surface area contributed by atoms with Crippen molar-refractivity contribution in [3.05, 3.63) is 42.5 Å². The molecule has 3 heterocycles. The zero-order valence-electron chi connectivity index (χ0n) is 15.0. The molecular formula is C18H22N6O4. The molecule has 0 radical (unpaired) electrons. The molecule has 0 aliphatic carbocycles. The number of benzene rings is 1. The fourth-order valence-corrected chi connectivity index (χ4v) is 3.29. The first kappa shape index (κ1) is 18.6. The van der Waals surface area contributed by atoms with Crippen molar-refractivity contribution < 1.29 is 20.1 Å². The lowest BCUT2D eigenvalue weighted by Crippen LogP contribution is -2.33. The van der Waals surface area contributed by atoms with Crippen LogP contribution in [0.3, 0.4) is 0 Å². The molecule has 4 rings (SSSR count). The van der Waals surface area contributed by atoms with E-state index in [9.17, 15) is 15.3 Å². The van der Waals surface area contributed by atoms with Gasteiger partial charge in [-0.2, -0.15) is 0 Å². The molecule has 28 heavy (non-hydrogen) atoms. The minimum Gasteiger partial charge on any atom is -0.399 e. The van der Waals surface area contributed by atoms with Crippen LogP contribution in [0, 0.1) is 0 Å². The highest BCUT2D eigenvalue weighted by molar-refractivity contribution is 5.82. The van der Waals surface area contributed by atoms with Crippen molar-refractivity contribution in [3.8, 4) is 0 Å². The van der Waals surface area contributed by atoms with Gasteiger partial charge in [-0.3, -0.25) is 4.57 Å². The lowest BCUT2D eigenvalue weighted by molar-refractivity contribution is -0.0511. The second kappa shape index (κ2) is 7.68. The van der Waals surface area contributed by atoms with E-state index in [1.54, 1.807) is 0 Å². The molecule has 10 heteroatoms. The largest absolute Gasteiger partial charge is 0.399 e. The van der Waals surface area contributed by atoms with E-state index in [1.807, 2.05) is 24.3 Å². The minimum absolute atomic E-state index is 0.395. The van der Waals surface area contributed by atoms with Gasteiger partial charge in [0, 0.05) is 12.2 Å². The summed E-state index contributed by atoms with van der Waals surface area (Å²) in [4.78, 5) is 12.8. The summed E-state index contributed by atoms with van der Waals surface area (Å²) in [5.74, 6) is 0.561. The Morgan fingerprint density at radius 2 is 1.89 bits per heavy atom. The third-order valence-corrected chi connectivity index (χ3v) is 4.84. The first-order chi connectivity index (χ1) is 13.6. The van der Waals surface area contributed by atoms with Crippen molar-refractivity contribution in [2.24, 2.45) is 0 Å². The number of hydrogen-bond donors (Lipinski definition) is 5. The van der Waals surface area contributed by atoms with Gasteiger partial charge in [0.05, 0.1) is 12.9 Å². The molecule has 2 aromatic heterocycles. The van der Waals surface area contributed by atoms with Crippen molar-refractivity contribution >= 4 is 22.7 Å². The molecule has 0 amide bonds. The van der Waals surface area contributed by atoms with E-state index in [0.717, 1.165) is 17.7 Å². The highest BCUT2D eigenvalue weighted by atomic mass is 16.6. The summed E-state index contributed by atoms with van der Waals surface area (Å²) in [6, 6.07) is 7.67. The average Bonchev–Trinajstić information content (AvgIpc) is 3.25. The Hall–Kier alpha value is -2.79. The van der Waals surface area contributed by atoms with Gasteiger partial charge >= 0.3 is 0 Å². The second-order valence-electron chi connectivity index (χ2n) is 6.69. The number of hydrogen-bond acceptors (Lipinski definition) is 9. The van der Waals surface area contributed by atoms with Gasteiger partial charge in [0.15, 0.2) is 23.2 Å². The van der Waals surface area contributed by atoms with Gasteiger partial charge in [0.2, 0.25) is 0 Å². The van der Waals surface area contributed by atoms with Gasteiger partial charge in [-0.1, -0.05) is 12.1 Å². The summed E-state index contributed by atoms with van der Waals surface area (Å²) in [7, 11) is 0. The number of imidazole rings is 1. The highest BCUT2D eigenvalue weighted by Gasteiger charge is 2.44. The van der Waals surface area contributed by atoms with E-state index in [0.29, 0.717) is 23.5 Å². The molecule has 0 spiro atoms. The van der Waals surface area contributed by atoms with Crippen LogP contribution in [0.25, 0.3) is 11.2 Å². The molecule has 1 aliphatic heterocycles. The number of anilines is 2. The summed E-state index contributed by atoms with van der Waals surface area (Å²) in [5.41, 5.74) is 8.55. The zero-order chi connectivity index (χ0) is 19.7. The SMILES string of the molecule is Nc1ccc(CCNc2ncnc3c2ncn3[C@H]2O[C@@H](CO)[C@H](O)[C@@H]2O)cc1. The third kappa shape index (κ3) is 3.38. The topological polar surface area (TPSA) is 152 Å². The van der Waals surface area contributed by atoms with Crippen LogP contribution >= 0.6 is 0 Å². The number of nitrogens with one attached hydrogen (secondary N) is 1. The Labute approximate surface area is 160 Å². The molecule has 1 aromatic carbocycles. The smallest absolute Gasteiger partial charge is 0.167 e. The maximum Gasteiger partial charge on any atom is 0.167 e. The summed E-state index contributed by atoms with van der Waals surface area (Å²) in [5, 5.41) is 32.7. The molecule has 3 aromatic rings. The van der Waals surface area contributed by atoms with E-state index < -0.39 is 31.1 Å². The van der Waals surface area contributed by atoms with E-state index in [2.05, 4.69) is 20.3 Å². The molecule has 6 N–H and O–H groups in total. The van der Waals surface area contributed by atoms with Crippen LogP contribution in [0.1, 0.15) is 11.8 Å². The zero-order valence-corrected chi connectivity index (χ0v) is 15.0. The van der Waals surface area contributed by atoms with Crippen molar-refractivity contribution in [1.82, 2.24) is 19.5 Å². The first-order valence-corrected chi connectivity index (χ1v) is 8.96. The molecule has 148 valence electrons. The maximum absolute atomic E-state index is 10.2. The minimum atomic E-state index is -1.20. The predicted octanol–water partition coefficient (Wildman–Crippen LogP) is -0.325. The number of aliphatic hydroxyl groups is 3. The van der Waals surface area contributed by atoms with Gasteiger partial charge in [0.25, 0.3) is 0 Å². The molecule has 0 saturated carbocycles. The summed E-state index contributed by atoms with van der Waals surface area (Å²) >= 11 is 0. The van der Waals surface area contributed by atoms with Gasteiger partial charge < -0.3 is 31.1 Å². The Morgan fingerprint density at radius 3 is 2.61 bits per heavy atom. The molecule has 0 unspecified atom stereocenters. The van der Waals surface area contributed by atoms with E-state index in [1.165, 1.54) is 17.2 Å². The number of rotatable bonds is 6. The number of nitrogens with zero attached hydrogens (tertiary/aromatic N) is 4. The average molecular weight is 386 g/mol. The summed E-state index contributed by atoms with van der Waals surface area (Å²) in [6.07, 6.45) is -0.496. The van der Waals surface area contributed by atoms with Crippen LogP contribution in [-0.2, 0) is 11.2 Å². The van der Waals surface area contributed by atoms with Crippen LogP contribution in [0.4, 0.5) is 11.5 Å². The lowest BCUT2D eigenvalue weighted by Gasteiger charge is -2.16. The highest BCUT2D eigenvalue weighted by Crippen LogP contribution is 2.32. The molecule has 1 fully saturated rings. The molecule has 10 nitrogen and oxygen atoms in total. The van der Waals surface area contributed by atoms with E-state index in [4.69, 9.17) is 10.5 Å². The van der Waals surface area contributed by atoms with Gasteiger partial charge in [-0.05, 0) is 24.1 Å². The summed E-state index contributed by atoms with van der Waals surface area (Å²) in [6.45, 7) is 0.241. The van der Waals surface area contributed by atoms with Crippen molar-refractivity contribution in [2.75, 3.05) is 24.2 Å². The number of nitrogens with two attached hydrogens (primary N) is 1. The number of fused-ring (bicyclic) bond motifs is 1.